The number of nitrogens with zero attached hydrogens (tertiary/aromatic N) is 1. The second-order valence-electron chi connectivity index (χ2n) is 4.54. The third-order valence-corrected chi connectivity index (χ3v) is 2.90. The highest BCUT2D eigenvalue weighted by Gasteiger charge is 2.08. The molecule has 1 aromatic carbocycles. The van der Waals surface area contributed by atoms with Crippen molar-refractivity contribution >= 4 is 17.3 Å². The highest BCUT2D eigenvalue weighted by atomic mass is 35.5. The van der Waals surface area contributed by atoms with Crippen LogP contribution in [0.5, 0.6) is 0 Å². The molecular formula is C13H20ClNO. The lowest BCUT2D eigenvalue weighted by Crippen LogP contribution is -2.21. The van der Waals surface area contributed by atoms with E-state index in [0.717, 1.165) is 24.2 Å². The monoisotopic (exact) mass is 241 g/mol. The first-order chi connectivity index (χ1) is 7.54. The molecule has 0 fully saturated rings. The van der Waals surface area contributed by atoms with Gasteiger partial charge in [0.2, 0.25) is 0 Å². The van der Waals surface area contributed by atoms with E-state index in [-0.39, 0.29) is 6.61 Å². The Hall–Kier alpha value is -0.730. The Morgan fingerprint density at radius 2 is 2.06 bits per heavy atom. The minimum Gasteiger partial charge on any atom is -0.392 e. The molecule has 2 nitrogen and oxygen atoms in total. The Balaban J connectivity index is 2.77. The van der Waals surface area contributed by atoms with Crippen LogP contribution >= 0.6 is 11.6 Å². The van der Waals surface area contributed by atoms with Crippen molar-refractivity contribution in [3.05, 3.63) is 28.8 Å². The second-order valence-corrected chi connectivity index (χ2v) is 4.97. The van der Waals surface area contributed by atoms with E-state index >= 15 is 0 Å². The molecule has 1 aromatic rings. The van der Waals surface area contributed by atoms with Crippen molar-refractivity contribution in [3.8, 4) is 0 Å². The maximum Gasteiger partial charge on any atom is 0.0702 e. The van der Waals surface area contributed by atoms with Crippen LogP contribution in [0.2, 0.25) is 5.02 Å². The highest BCUT2D eigenvalue weighted by molar-refractivity contribution is 6.30. The molecule has 1 rings (SSSR count). The number of halogens is 1. The predicted molar refractivity (Wildman–Crippen MR) is 70.1 cm³/mol. The molecule has 0 aliphatic heterocycles. The van der Waals surface area contributed by atoms with Crippen molar-refractivity contribution in [2.45, 2.75) is 26.9 Å². The van der Waals surface area contributed by atoms with Gasteiger partial charge in [0.05, 0.1) is 6.61 Å². The van der Waals surface area contributed by atoms with Gasteiger partial charge >= 0.3 is 0 Å². The van der Waals surface area contributed by atoms with Crippen LogP contribution in [0.1, 0.15) is 25.8 Å². The van der Waals surface area contributed by atoms with Gasteiger partial charge in [0.15, 0.2) is 0 Å². The quantitative estimate of drug-likeness (QED) is 0.855. The van der Waals surface area contributed by atoms with Gasteiger partial charge in [-0.05, 0) is 30.5 Å². The summed E-state index contributed by atoms with van der Waals surface area (Å²) in [5, 5.41) is 9.96. The summed E-state index contributed by atoms with van der Waals surface area (Å²) in [5.41, 5.74) is 1.95. The summed E-state index contributed by atoms with van der Waals surface area (Å²) in [6.45, 7) is 5.44. The Morgan fingerprint density at radius 1 is 1.38 bits per heavy atom. The molecule has 0 aliphatic rings. The molecule has 16 heavy (non-hydrogen) atoms. The van der Waals surface area contributed by atoms with E-state index in [4.69, 9.17) is 11.6 Å². The summed E-state index contributed by atoms with van der Waals surface area (Å²) in [6.07, 6.45) is 1.14. The molecule has 0 unspecified atom stereocenters. The fraction of sp³-hybridized carbons (Fsp3) is 0.538. The maximum absolute atomic E-state index is 9.28. The van der Waals surface area contributed by atoms with Crippen LogP contribution in [0.3, 0.4) is 0 Å². The van der Waals surface area contributed by atoms with Crippen molar-refractivity contribution in [2.75, 3.05) is 18.5 Å². The van der Waals surface area contributed by atoms with Crippen LogP contribution in [-0.4, -0.2) is 18.7 Å². The Morgan fingerprint density at radius 3 is 2.62 bits per heavy atom. The molecule has 0 aromatic heterocycles. The lowest BCUT2D eigenvalue weighted by atomic mass is 10.1. The van der Waals surface area contributed by atoms with Gasteiger partial charge in [-0.1, -0.05) is 25.4 Å². The molecule has 90 valence electrons. The van der Waals surface area contributed by atoms with Crippen molar-refractivity contribution in [1.29, 1.82) is 0 Å². The predicted octanol–water partition coefficient (Wildman–Crippen LogP) is 3.31. The molecule has 0 bridgehead atoms. The van der Waals surface area contributed by atoms with E-state index in [1.165, 1.54) is 0 Å². The smallest absolute Gasteiger partial charge is 0.0702 e. The lowest BCUT2D eigenvalue weighted by Gasteiger charge is -2.23. The summed E-state index contributed by atoms with van der Waals surface area (Å²) in [4.78, 5) is 2.17. The van der Waals surface area contributed by atoms with Crippen molar-refractivity contribution in [2.24, 2.45) is 5.92 Å². The van der Waals surface area contributed by atoms with Crippen LogP contribution in [0.4, 0.5) is 5.69 Å². The van der Waals surface area contributed by atoms with Crippen molar-refractivity contribution in [3.63, 3.8) is 0 Å². The molecule has 0 saturated heterocycles. The standard InChI is InChI=1S/C13H20ClNO/c1-10(2)6-7-15(3)13-5-4-12(14)8-11(13)9-16/h4-5,8,10,16H,6-7,9H2,1-3H3. The van der Waals surface area contributed by atoms with Gasteiger partial charge < -0.3 is 10.0 Å². The third kappa shape index (κ3) is 3.69. The molecule has 0 amide bonds. The normalized spacial score (nSPS) is 10.9. The zero-order chi connectivity index (χ0) is 12.1. The van der Waals surface area contributed by atoms with Crippen LogP contribution < -0.4 is 4.90 Å². The van der Waals surface area contributed by atoms with Gasteiger partial charge in [-0.25, -0.2) is 0 Å². The summed E-state index contributed by atoms with van der Waals surface area (Å²) in [5.74, 6) is 0.687. The van der Waals surface area contributed by atoms with E-state index in [1.54, 1.807) is 0 Å². The van der Waals surface area contributed by atoms with E-state index in [0.29, 0.717) is 10.9 Å². The number of hydrogen-bond donors (Lipinski definition) is 1. The number of aliphatic hydroxyl groups excluding tert-OH is 1. The largest absolute Gasteiger partial charge is 0.392 e. The number of hydrogen-bond acceptors (Lipinski definition) is 2. The van der Waals surface area contributed by atoms with Crippen LogP contribution in [0.25, 0.3) is 0 Å². The van der Waals surface area contributed by atoms with Gasteiger partial charge in [0.1, 0.15) is 0 Å². The summed E-state index contributed by atoms with van der Waals surface area (Å²) < 4.78 is 0. The van der Waals surface area contributed by atoms with Gasteiger partial charge in [0.25, 0.3) is 0 Å². The summed E-state index contributed by atoms with van der Waals surface area (Å²) in [6, 6.07) is 5.65. The summed E-state index contributed by atoms with van der Waals surface area (Å²) >= 11 is 5.90. The molecule has 0 spiro atoms. The second kappa shape index (κ2) is 6.12. The number of aliphatic hydroxyl groups is 1. The van der Waals surface area contributed by atoms with Crippen molar-refractivity contribution < 1.29 is 5.11 Å². The van der Waals surface area contributed by atoms with Gasteiger partial charge in [-0.3, -0.25) is 0 Å². The highest BCUT2D eigenvalue weighted by Crippen LogP contribution is 2.24. The number of benzene rings is 1. The average molecular weight is 242 g/mol. The zero-order valence-electron chi connectivity index (χ0n) is 10.2. The first kappa shape index (κ1) is 13.3. The van der Waals surface area contributed by atoms with E-state index < -0.39 is 0 Å². The molecule has 0 radical (unpaired) electrons. The number of anilines is 1. The van der Waals surface area contributed by atoms with Gasteiger partial charge in [-0.2, -0.15) is 0 Å². The SMILES string of the molecule is CC(C)CCN(C)c1ccc(Cl)cc1CO. The van der Waals surface area contributed by atoms with E-state index in [1.807, 2.05) is 25.2 Å². The average Bonchev–Trinajstić information content (AvgIpc) is 2.25. The molecule has 3 heteroatoms. The Kier molecular flexibility index (Phi) is 5.10. The molecule has 0 atom stereocenters. The minimum atomic E-state index is 0.0297. The van der Waals surface area contributed by atoms with E-state index in [9.17, 15) is 5.11 Å². The Bertz CT molecular complexity index is 339. The molecular weight excluding hydrogens is 222 g/mol. The van der Waals surface area contributed by atoms with E-state index in [2.05, 4.69) is 18.7 Å². The number of rotatable bonds is 5. The first-order valence-electron chi connectivity index (χ1n) is 5.65. The van der Waals surface area contributed by atoms with Crippen LogP contribution in [-0.2, 0) is 6.61 Å². The fourth-order valence-electron chi connectivity index (χ4n) is 1.63. The van der Waals surface area contributed by atoms with Crippen molar-refractivity contribution in [1.82, 2.24) is 0 Å². The van der Waals surface area contributed by atoms with Gasteiger partial charge in [-0.15, -0.1) is 0 Å². The molecule has 1 N–H and O–H groups in total. The minimum absolute atomic E-state index is 0.0297. The fourth-order valence-corrected chi connectivity index (χ4v) is 1.82. The topological polar surface area (TPSA) is 23.5 Å². The van der Waals surface area contributed by atoms with Crippen LogP contribution in [0, 0.1) is 5.92 Å². The maximum atomic E-state index is 9.28. The molecule has 0 saturated carbocycles. The molecule has 0 heterocycles. The third-order valence-electron chi connectivity index (χ3n) is 2.66. The zero-order valence-corrected chi connectivity index (χ0v) is 11.0. The van der Waals surface area contributed by atoms with Gasteiger partial charge in [0, 0.05) is 29.9 Å². The lowest BCUT2D eigenvalue weighted by molar-refractivity contribution is 0.282. The van der Waals surface area contributed by atoms with Crippen LogP contribution in [0.15, 0.2) is 18.2 Å². The first-order valence-corrected chi connectivity index (χ1v) is 6.02. The molecule has 0 aliphatic carbocycles. The summed E-state index contributed by atoms with van der Waals surface area (Å²) in [7, 11) is 2.05. The Labute approximate surface area is 103 Å².